The normalized spacial score (nSPS) is 29.7. The predicted molar refractivity (Wildman–Crippen MR) is 57.3 cm³/mol. The third-order valence-electron chi connectivity index (χ3n) is 3.69. The largest absolute Gasteiger partial charge is 0.303 e. The maximum atomic E-state index is 11.2. The molecule has 0 amide bonds. The van der Waals surface area contributed by atoms with E-state index < -0.39 is 0 Å². The molecule has 2 nitrogen and oxygen atoms in total. The zero-order valence-corrected chi connectivity index (χ0v) is 9.00. The summed E-state index contributed by atoms with van der Waals surface area (Å²) < 4.78 is 0. The van der Waals surface area contributed by atoms with Gasteiger partial charge in [0, 0.05) is 12.3 Å². The summed E-state index contributed by atoms with van der Waals surface area (Å²) in [6.45, 7) is 3.69. The lowest BCUT2D eigenvalue weighted by atomic mass is 9.81. The maximum Gasteiger partial charge on any atom is 0.136 e. The van der Waals surface area contributed by atoms with Gasteiger partial charge in [-0.15, -0.1) is 0 Å². The fourth-order valence-corrected chi connectivity index (χ4v) is 2.47. The third kappa shape index (κ3) is 2.57. The second kappa shape index (κ2) is 4.92. The van der Waals surface area contributed by atoms with E-state index in [1.165, 1.54) is 38.8 Å². The van der Waals surface area contributed by atoms with E-state index in [2.05, 4.69) is 4.90 Å². The lowest BCUT2D eigenvalue weighted by Gasteiger charge is -2.27. The summed E-state index contributed by atoms with van der Waals surface area (Å²) in [5.74, 6) is 0.943. The molecule has 2 rings (SSSR count). The Morgan fingerprint density at radius 3 is 2.36 bits per heavy atom. The SMILES string of the molecule is O=C1CCC1CCN1CCCCCC1. The van der Waals surface area contributed by atoms with Gasteiger partial charge >= 0.3 is 0 Å². The van der Waals surface area contributed by atoms with Crippen LogP contribution in [0.25, 0.3) is 0 Å². The fraction of sp³-hybridized carbons (Fsp3) is 0.917. The zero-order chi connectivity index (χ0) is 9.80. The average molecular weight is 195 g/mol. The van der Waals surface area contributed by atoms with Gasteiger partial charge in [0.15, 0.2) is 0 Å². The third-order valence-corrected chi connectivity index (χ3v) is 3.69. The monoisotopic (exact) mass is 195 g/mol. The molecule has 0 spiro atoms. The molecule has 0 aromatic carbocycles. The van der Waals surface area contributed by atoms with Crippen molar-refractivity contribution < 1.29 is 4.79 Å². The Bertz CT molecular complexity index is 194. The summed E-state index contributed by atoms with van der Waals surface area (Å²) in [5, 5.41) is 0. The van der Waals surface area contributed by atoms with Crippen LogP contribution in [-0.2, 0) is 4.79 Å². The van der Waals surface area contributed by atoms with Crippen LogP contribution in [0.4, 0.5) is 0 Å². The molecule has 1 saturated carbocycles. The highest BCUT2D eigenvalue weighted by molar-refractivity contribution is 5.86. The van der Waals surface area contributed by atoms with Crippen LogP contribution < -0.4 is 0 Å². The second-order valence-electron chi connectivity index (χ2n) is 4.75. The van der Waals surface area contributed by atoms with Crippen molar-refractivity contribution in [1.29, 1.82) is 0 Å². The van der Waals surface area contributed by atoms with Crippen LogP contribution in [-0.4, -0.2) is 30.3 Å². The van der Waals surface area contributed by atoms with E-state index in [0.717, 1.165) is 25.8 Å². The second-order valence-corrected chi connectivity index (χ2v) is 4.75. The van der Waals surface area contributed by atoms with Gasteiger partial charge in [-0.1, -0.05) is 12.8 Å². The molecule has 0 radical (unpaired) electrons. The van der Waals surface area contributed by atoms with Gasteiger partial charge in [0.05, 0.1) is 0 Å². The van der Waals surface area contributed by atoms with Crippen molar-refractivity contribution in [1.82, 2.24) is 4.90 Å². The lowest BCUT2D eigenvalue weighted by molar-refractivity contribution is -0.129. The number of Topliss-reactive ketones (excluding diaryl/α,β-unsaturated/α-hetero) is 1. The van der Waals surface area contributed by atoms with Gasteiger partial charge in [0.2, 0.25) is 0 Å². The van der Waals surface area contributed by atoms with Crippen molar-refractivity contribution in [2.24, 2.45) is 5.92 Å². The number of ketones is 1. The van der Waals surface area contributed by atoms with Crippen LogP contribution in [0.5, 0.6) is 0 Å². The number of likely N-dealkylation sites (tertiary alicyclic amines) is 1. The van der Waals surface area contributed by atoms with Gasteiger partial charge in [0.1, 0.15) is 5.78 Å². The van der Waals surface area contributed by atoms with E-state index in [1.807, 2.05) is 0 Å². The zero-order valence-electron chi connectivity index (χ0n) is 9.00. The lowest BCUT2D eigenvalue weighted by Crippen LogP contribution is -2.32. The van der Waals surface area contributed by atoms with Gasteiger partial charge in [-0.05, 0) is 45.3 Å². The minimum atomic E-state index is 0.429. The molecular formula is C12H21NO. The Labute approximate surface area is 86.7 Å². The van der Waals surface area contributed by atoms with Crippen molar-refractivity contribution >= 4 is 5.78 Å². The highest BCUT2D eigenvalue weighted by Crippen LogP contribution is 2.26. The molecule has 1 unspecified atom stereocenters. The minimum Gasteiger partial charge on any atom is -0.303 e. The molecule has 14 heavy (non-hydrogen) atoms. The smallest absolute Gasteiger partial charge is 0.136 e. The molecule has 2 aliphatic rings. The Balaban J connectivity index is 1.65. The van der Waals surface area contributed by atoms with E-state index in [9.17, 15) is 4.79 Å². The number of carbonyl (C=O) groups is 1. The fourth-order valence-electron chi connectivity index (χ4n) is 2.47. The minimum absolute atomic E-state index is 0.429. The van der Waals surface area contributed by atoms with Crippen molar-refractivity contribution in [3.63, 3.8) is 0 Å². The van der Waals surface area contributed by atoms with Gasteiger partial charge in [0.25, 0.3) is 0 Å². The van der Waals surface area contributed by atoms with Crippen molar-refractivity contribution in [2.45, 2.75) is 44.9 Å². The highest BCUT2D eigenvalue weighted by Gasteiger charge is 2.27. The molecule has 0 aromatic rings. The first-order chi connectivity index (χ1) is 6.86. The Kier molecular flexibility index (Phi) is 3.57. The van der Waals surface area contributed by atoms with Crippen LogP contribution in [0.15, 0.2) is 0 Å². The highest BCUT2D eigenvalue weighted by atomic mass is 16.1. The standard InChI is InChI=1S/C12H21NO/c14-12-6-5-11(12)7-10-13-8-3-1-2-4-9-13/h11H,1-10H2. The van der Waals surface area contributed by atoms with Crippen molar-refractivity contribution in [3.05, 3.63) is 0 Å². The van der Waals surface area contributed by atoms with Crippen LogP contribution in [0.3, 0.4) is 0 Å². The summed E-state index contributed by atoms with van der Waals surface area (Å²) >= 11 is 0. The first-order valence-corrected chi connectivity index (χ1v) is 6.11. The molecule has 0 bridgehead atoms. The van der Waals surface area contributed by atoms with E-state index in [4.69, 9.17) is 0 Å². The van der Waals surface area contributed by atoms with Crippen LogP contribution in [0, 0.1) is 5.92 Å². The maximum absolute atomic E-state index is 11.2. The molecular weight excluding hydrogens is 174 g/mol. The van der Waals surface area contributed by atoms with E-state index in [1.54, 1.807) is 0 Å². The molecule has 1 saturated heterocycles. The molecule has 1 aliphatic heterocycles. The van der Waals surface area contributed by atoms with E-state index >= 15 is 0 Å². The predicted octanol–water partition coefficient (Wildman–Crippen LogP) is 2.23. The number of carbonyl (C=O) groups excluding carboxylic acids is 1. The summed E-state index contributed by atoms with van der Waals surface area (Å²) in [7, 11) is 0. The first-order valence-electron chi connectivity index (χ1n) is 6.11. The Hall–Kier alpha value is -0.370. The van der Waals surface area contributed by atoms with Gasteiger partial charge in [-0.3, -0.25) is 4.79 Å². The molecule has 1 atom stereocenters. The molecule has 1 aliphatic carbocycles. The average Bonchev–Trinajstić information content (AvgIpc) is 2.44. The number of nitrogens with zero attached hydrogens (tertiary/aromatic N) is 1. The summed E-state index contributed by atoms with van der Waals surface area (Å²) in [4.78, 5) is 13.7. The molecule has 0 aromatic heterocycles. The topological polar surface area (TPSA) is 20.3 Å². The Morgan fingerprint density at radius 1 is 1.14 bits per heavy atom. The number of hydrogen-bond acceptors (Lipinski definition) is 2. The number of hydrogen-bond donors (Lipinski definition) is 0. The molecule has 2 heteroatoms. The van der Waals surface area contributed by atoms with Crippen molar-refractivity contribution in [2.75, 3.05) is 19.6 Å². The quantitative estimate of drug-likeness (QED) is 0.688. The van der Waals surface area contributed by atoms with Crippen molar-refractivity contribution in [3.8, 4) is 0 Å². The van der Waals surface area contributed by atoms with E-state index in [-0.39, 0.29) is 0 Å². The van der Waals surface area contributed by atoms with Crippen LogP contribution >= 0.6 is 0 Å². The van der Waals surface area contributed by atoms with Gasteiger partial charge in [-0.25, -0.2) is 0 Å². The summed E-state index contributed by atoms with van der Waals surface area (Å²) in [6.07, 6.45) is 8.66. The number of rotatable bonds is 3. The molecule has 1 heterocycles. The van der Waals surface area contributed by atoms with Crippen LogP contribution in [0.1, 0.15) is 44.9 Å². The van der Waals surface area contributed by atoms with Gasteiger partial charge < -0.3 is 4.90 Å². The van der Waals surface area contributed by atoms with E-state index in [0.29, 0.717) is 11.7 Å². The first kappa shape index (κ1) is 10.2. The van der Waals surface area contributed by atoms with Crippen LogP contribution in [0.2, 0.25) is 0 Å². The summed E-state index contributed by atoms with van der Waals surface area (Å²) in [6, 6.07) is 0. The molecule has 2 fully saturated rings. The molecule has 80 valence electrons. The summed E-state index contributed by atoms with van der Waals surface area (Å²) in [5.41, 5.74) is 0. The van der Waals surface area contributed by atoms with Gasteiger partial charge in [-0.2, -0.15) is 0 Å². The Morgan fingerprint density at radius 2 is 1.86 bits per heavy atom. The molecule has 0 N–H and O–H groups in total.